The molecule has 80 valence electrons. The number of hydrogen-bond donors (Lipinski definition) is 0. The highest BCUT2D eigenvalue weighted by Crippen LogP contribution is 2.18. The highest BCUT2D eigenvalue weighted by molar-refractivity contribution is 6.04. The van der Waals surface area contributed by atoms with Gasteiger partial charge >= 0.3 is 0 Å². The molecule has 0 bridgehead atoms. The van der Waals surface area contributed by atoms with E-state index < -0.39 is 0 Å². The Morgan fingerprint density at radius 2 is 1.80 bits per heavy atom. The van der Waals surface area contributed by atoms with E-state index in [-0.39, 0.29) is 11.2 Å². The van der Waals surface area contributed by atoms with Crippen LogP contribution in [0.4, 0.5) is 0 Å². The Hall–Kier alpha value is -1.37. The van der Waals surface area contributed by atoms with E-state index in [1.54, 1.807) is 6.08 Å². The van der Waals surface area contributed by atoms with E-state index in [0.29, 0.717) is 0 Å². The van der Waals surface area contributed by atoms with Gasteiger partial charge in [0, 0.05) is 5.56 Å². The first-order chi connectivity index (χ1) is 6.99. The van der Waals surface area contributed by atoms with E-state index in [4.69, 9.17) is 0 Å². The zero-order valence-corrected chi connectivity index (χ0v) is 9.66. The summed E-state index contributed by atoms with van der Waals surface area (Å²) < 4.78 is 0. The van der Waals surface area contributed by atoms with Gasteiger partial charge in [-0.05, 0) is 17.9 Å². The van der Waals surface area contributed by atoms with Crippen LogP contribution in [0.5, 0.6) is 0 Å². The monoisotopic (exact) mass is 202 g/mol. The van der Waals surface area contributed by atoms with Gasteiger partial charge in [-0.1, -0.05) is 57.2 Å². The molecule has 0 amide bonds. The molecule has 1 heteroatoms. The van der Waals surface area contributed by atoms with Gasteiger partial charge in [-0.3, -0.25) is 4.79 Å². The van der Waals surface area contributed by atoms with Crippen molar-refractivity contribution in [2.24, 2.45) is 5.41 Å². The summed E-state index contributed by atoms with van der Waals surface area (Å²) in [6.07, 6.45) is 4.54. The number of ketones is 1. The van der Waals surface area contributed by atoms with E-state index in [9.17, 15) is 4.79 Å². The van der Waals surface area contributed by atoms with E-state index in [1.165, 1.54) is 0 Å². The summed E-state index contributed by atoms with van der Waals surface area (Å²) in [4.78, 5) is 11.6. The maximum Gasteiger partial charge on any atom is 0.185 e. The van der Waals surface area contributed by atoms with Crippen LogP contribution in [-0.2, 0) is 0 Å². The topological polar surface area (TPSA) is 17.1 Å². The third-order valence-electron chi connectivity index (χ3n) is 2.06. The molecule has 0 unspecified atom stereocenters. The van der Waals surface area contributed by atoms with Crippen molar-refractivity contribution < 1.29 is 4.79 Å². The molecule has 0 aliphatic heterocycles. The van der Waals surface area contributed by atoms with Crippen LogP contribution in [0.25, 0.3) is 0 Å². The summed E-state index contributed by atoms with van der Waals surface area (Å²) in [5, 5.41) is 0. The predicted molar refractivity (Wildman–Crippen MR) is 64.0 cm³/mol. The lowest BCUT2D eigenvalue weighted by molar-refractivity contribution is 0.104. The number of benzene rings is 1. The first-order valence-corrected chi connectivity index (χ1v) is 5.25. The first-order valence-electron chi connectivity index (χ1n) is 5.25. The second kappa shape index (κ2) is 4.92. The van der Waals surface area contributed by atoms with Gasteiger partial charge in [-0.2, -0.15) is 0 Å². The molecule has 0 aliphatic carbocycles. The maximum absolute atomic E-state index is 11.6. The van der Waals surface area contributed by atoms with Crippen molar-refractivity contribution in [3.8, 4) is 0 Å². The van der Waals surface area contributed by atoms with Gasteiger partial charge < -0.3 is 0 Å². The number of carbonyl (C=O) groups excluding carboxylic acids is 1. The highest BCUT2D eigenvalue weighted by Gasteiger charge is 2.07. The summed E-state index contributed by atoms with van der Waals surface area (Å²) >= 11 is 0. The molecular formula is C14H18O. The molecule has 0 aliphatic rings. The molecule has 0 saturated heterocycles. The minimum atomic E-state index is 0.0832. The molecule has 0 N–H and O–H groups in total. The van der Waals surface area contributed by atoms with Crippen molar-refractivity contribution in [1.29, 1.82) is 0 Å². The largest absolute Gasteiger partial charge is 0.289 e. The van der Waals surface area contributed by atoms with Crippen molar-refractivity contribution in [2.75, 3.05) is 0 Å². The molecule has 1 rings (SSSR count). The minimum absolute atomic E-state index is 0.0832. The van der Waals surface area contributed by atoms with Gasteiger partial charge in [0.15, 0.2) is 5.78 Å². The summed E-state index contributed by atoms with van der Waals surface area (Å²) in [5.74, 6) is 0.0832. The van der Waals surface area contributed by atoms with Crippen molar-refractivity contribution in [3.63, 3.8) is 0 Å². The fourth-order valence-electron chi connectivity index (χ4n) is 1.22. The molecule has 0 saturated carbocycles. The van der Waals surface area contributed by atoms with Crippen LogP contribution in [-0.4, -0.2) is 5.78 Å². The zero-order chi connectivity index (χ0) is 11.3. The Morgan fingerprint density at radius 1 is 1.20 bits per heavy atom. The summed E-state index contributed by atoms with van der Waals surface area (Å²) in [6, 6.07) is 9.35. The highest BCUT2D eigenvalue weighted by atomic mass is 16.1. The Morgan fingerprint density at radius 3 is 2.33 bits per heavy atom. The van der Waals surface area contributed by atoms with E-state index in [1.807, 2.05) is 36.4 Å². The lowest BCUT2D eigenvalue weighted by Gasteiger charge is -2.14. The van der Waals surface area contributed by atoms with Crippen molar-refractivity contribution in [3.05, 3.63) is 48.0 Å². The maximum atomic E-state index is 11.6. The third-order valence-corrected chi connectivity index (χ3v) is 2.06. The molecule has 0 fully saturated rings. The van der Waals surface area contributed by atoms with Crippen molar-refractivity contribution in [2.45, 2.75) is 27.2 Å². The van der Waals surface area contributed by atoms with Crippen LogP contribution in [0.15, 0.2) is 42.5 Å². The summed E-state index contributed by atoms with van der Waals surface area (Å²) in [5.41, 5.74) is 0.996. The van der Waals surface area contributed by atoms with E-state index >= 15 is 0 Å². The van der Waals surface area contributed by atoms with Gasteiger partial charge in [0.05, 0.1) is 0 Å². The minimum Gasteiger partial charge on any atom is -0.289 e. The average molecular weight is 202 g/mol. The van der Waals surface area contributed by atoms with Crippen molar-refractivity contribution in [1.82, 2.24) is 0 Å². The number of allylic oxidation sites excluding steroid dienone is 2. The van der Waals surface area contributed by atoms with Crippen LogP contribution in [0, 0.1) is 5.41 Å². The van der Waals surface area contributed by atoms with Crippen molar-refractivity contribution >= 4 is 5.78 Å². The molecular weight excluding hydrogens is 184 g/mol. The molecule has 0 radical (unpaired) electrons. The molecule has 0 atom stereocenters. The van der Waals surface area contributed by atoms with Gasteiger partial charge in [0.1, 0.15) is 0 Å². The normalized spacial score (nSPS) is 11.9. The lowest BCUT2D eigenvalue weighted by Crippen LogP contribution is -2.02. The Balaban J connectivity index is 2.57. The smallest absolute Gasteiger partial charge is 0.185 e. The van der Waals surface area contributed by atoms with Crippen LogP contribution < -0.4 is 0 Å². The van der Waals surface area contributed by atoms with Gasteiger partial charge in [-0.25, -0.2) is 0 Å². The average Bonchev–Trinajstić information content (AvgIpc) is 2.17. The molecule has 15 heavy (non-hydrogen) atoms. The van der Waals surface area contributed by atoms with Crippen LogP contribution in [0.2, 0.25) is 0 Å². The SMILES string of the molecule is CC(C)(C)C/C=C/C(=O)c1ccccc1. The molecule has 1 aromatic carbocycles. The number of rotatable bonds is 3. The summed E-state index contributed by atoms with van der Waals surface area (Å²) in [6.45, 7) is 6.47. The first kappa shape index (κ1) is 11.7. The van der Waals surface area contributed by atoms with Crippen LogP contribution in [0.1, 0.15) is 37.6 Å². The van der Waals surface area contributed by atoms with Gasteiger partial charge in [-0.15, -0.1) is 0 Å². The molecule has 1 aromatic rings. The van der Waals surface area contributed by atoms with Crippen LogP contribution >= 0.6 is 0 Å². The number of carbonyl (C=O) groups is 1. The molecule has 0 heterocycles. The second-order valence-electron chi connectivity index (χ2n) is 4.90. The third kappa shape index (κ3) is 4.59. The molecule has 0 aromatic heterocycles. The fourth-order valence-corrected chi connectivity index (χ4v) is 1.22. The molecule has 1 nitrogen and oxygen atoms in total. The van der Waals surface area contributed by atoms with Gasteiger partial charge in [0.2, 0.25) is 0 Å². The lowest BCUT2D eigenvalue weighted by atomic mass is 9.92. The second-order valence-corrected chi connectivity index (χ2v) is 4.90. The standard InChI is InChI=1S/C14H18O/c1-14(2,3)11-7-10-13(15)12-8-5-4-6-9-12/h4-10H,11H2,1-3H3/b10-7+. The summed E-state index contributed by atoms with van der Waals surface area (Å²) in [7, 11) is 0. The Kier molecular flexibility index (Phi) is 3.84. The Bertz CT molecular complexity index is 341. The fraction of sp³-hybridized carbons (Fsp3) is 0.357. The zero-order valence-electron chi connectivity index (χ0n) is 9.66. The predicted octanol–water partition coefficient (Wildman–Crippen LogP) is 3.86. The van der Waals surface area contributed by atoms with E-state index in [2.05, 4.69) is 20.8 Å². The van der Waals surface area contributed by atoms with Gasteiger partial charge in [0.25, 0.3) is 0 Å². The van der Waals surface area contributed by atoms with Crippen LogP contribution in [0.3, 0.4) is 0 Å². The number of hydrogen-bond acceptors (Lipinski definition) is 1. The quantitative estimate of drug-likeness (QED) is 0.537. The van der Waals surface area contributed by atoms with E-state index in [0.717, 1.165) is 12.0 Å². The Labute approximate surface area is 91.8 Å². The molecule has 0 spiro atoms.